The Bertz CT molecular complexity index is 1060. The number of likely N-dealkylation sites (tertiary alicyclic amines) is 1. The van der Waals surface area contributed by atoms with Gasteiger partial charge in [0, 0.05) is 50.2 Å². The van der Waals surface area contributed by atoms with Crippen LogP contribution in [0.15, 0.2) is 48.5 Å². The molecule has 1 aliphatic carbocycles. The number of nitrogens with zero attached hydrogens (tertiary/aromatic N) is 1. The Kier molecular flexibility index (Phi) is 9.82. The molecule has 2 aromatic rings. The number of amides is 1. The van der Waals surface area contributed by atoms with Gasteiger partial charge in [-0.2, -0.15) is 0 Å². The van der Waals surface area contributed by atoms with Gasteiger partial charge in [-0.05, 0) is 76.0 Å². The number of aliphatic hydroxyl groups is 2. The third kappa shape index (κ3) is 6.57. The van der Waals surface area contributed by atoms with Gasteiger partial charge in [0.2, 0.25) is 5.91 Å². The number of aryl methyl sites for hydroxylation is 1. The number of para-hydroxylation sites is 2. The minimum absolute atomic E-state index is 0.100. The van der Waals surface area contributed by atoms with Gasteiger partial charge < -0.3 is 30.3 Å². The van der Waals surface area contributed by atoms with Gasteiger partial charge in [-0.3, -0.25) is 4.79 Å². The van der Waals surface area contributed by atoms with Gasteiger partial charge in [0.05, 0.1) is 11.7 Å². The highest BCUT2D eigenvalue weighted by Gasteiger charge is 2.44. The summed E-state index contributed by atoms with van der Waals surface area (Å²) in [6, 6.07) is 15.3. The summed E-state index contributed by atoms with van der Waals surface area (Å²) >= 11 is 0. The molecule has 7 nitrogen and oxygen atoms in total. The first-order valence-corrected chi connectivity index (χ1v) is 14.1. The average molecular weight is 525 g/mol. The van der Waals surface area contributed by atoms with Crippen LogP contribution in [0, 0.1) is 18.8 Å². The zero-order chi connectivity index (χ0) is 27.1. The maximum atomic E-state index is 13.5. The minimum Gasteiger partial charge on any atom is -0.457 e. The number of piperidine rings is 1. The Labute approximate surface area is 226 Å². The van der Waals surface area contributed by atoms with Crippen LogP contribution in [-0.2, 0) is 15.1 Å². The van der Waals surface area contributed by atoms with Gasteiger partial charge in [0.25, 0.3) is 0 Å². The SMILES string of the molecule is COCCCC[C@@](O)(c1ccccc1Oc1ccccc1C)[C@@H]1CCCN(C(=O)C2CC[C@H](O)[C@@H](N)C2)C1. The van der Waals surface area contributed by atoms with Crippen LogP contribution in [0.4, 0.5) is 0 Å². The molecular weight excluding hydrogens is 480 g/mol. The zero-order valence-corrected chi connectivity index (χ0v) is 22.9. The van der Waals surface area contributed by atoms with Gasteiger partial charge in [0.15, 0.2) is 0 Å². The lowest BCUT2D eigenvalue weighted by Gasteiger charge is -2.44. The van der Waals surface area contributed by atoms with E-state index >= 15 is 0 Å². The van der Waals surface area contributed by atoms with Crippen molar-refractivity contribution in [3.8, 4) is 11.5 Å². The number of methoxy groups -OCH3 is 1. The fourth-order valence-electron chi connectivity index (χ4n) is 6.14. The molecule has 0 radical (unpaired) electrons. The predicted molar refractivity (Wildman–Crippen MR) is 148 cm³/mol. The molecule has 0 bridgehead atoms. The summed E-state index contributed by atoms with van der Waals surface area (Å²) < 4.78 is 11.7. The molecule has 38 heavy (non-hydrogen) atoms. The maximum Gasteiger partial charge on any atom is 0.225 e. The second-order valence-corrected chi connectivity index (χ2v) is 11.1. The Morgan fingerprint density at radius 3 is 2.55 bits per heavy atom. The molecule has 2 fully saturated rings. The smallest absolute Gasteiger partial charge is 0.225 e. The van der Waals surface area contributed by atoms with Crippen LogP contribution in [0.1, 0.15) is 62.5 Å². The molecule has 208 valence electrons. The van der Waals surface area contributed by atoms with E-state index in [0.717, 1.165) is 42.6 Å². The number of carbonyl (C=O) groups is 1. The van der Waals surface area contributed by atoms with Crippen molar-refractivity contribution in [1.29, 1.82) is 0 Å². The number of rotatable bonds is 10. The van der Waals surface area contributed by atoms with E-state index in [1.807, 2.05) is 60.4 Å². The molecule has 2 aromatic carbocycles. The monoisotopic (exact) mass is 524 g/mol. The molecule has 1 unspecified atom stereocenters. The molecule has 1 saturated carbocycles. The predicted octanol–water partition coefficient (Wildman–Crippen LogP) is 4.52. The molecular formula is C31H44N2O5. The highest BCUT2D eigenvalue weighted by Crippen LogP contribution is 2.45. The van der Waals surface area contributed by atoms with Gasteiger partial charge in [-0.1, -0.05) is 36.4 Å². The molecule has 2 aliphatic rings. The van der Waals surface area contributed by atoms with Gasteiger partial charge in [-0.15, -0.1) is 0 Å². The fraction of sp³-hybridized carbons (Fsp3) is 0.581. The lowest BCUT2D eigenvalue weighted by atomic mass is 9.73. The molecule has 4 rings (SSSR count). The van der Waals surface area contributed by atoms with E-state index in [-0.39, 0.29) is 23.8 Å². The van der Waals surface area contributed by atoms with E-state index in [2.05, 4.69) is 0 Å². The summed E-state index contributed by atoms with van der Waals surface area (Å²) in [6.45, 7) is 3.83. The van der Waals surface area contributed by atoms with Crippen LogP contribution in [0.2, 0.25) is 0 Å². The third-order valence-electron chi connectivity index (χ3n) is 8.44. The van der Waals surface area contributed by atoms with Crippen molar-refractivity contribution in [1.82, 2.24) is 4.90 Å². The van der Waals surface area contributed by atoms with E-state index in [4.69, 9.17) is 15.2 Å². The van der Waals surface area contributed by atoms with E-state index in [1.54, 1.807) is 7.11 Å². The lowest BCUT2D eigenvalue weighted by molar-refractivity contribution is -0.143. The highest BCUT2D eigenvalue weighted by molar-refractivity contribution is 5.79. The van der Waals surface area contributed by atoms with Gasteiger partial charge >= 0.3 is 0 Å². The average Bonchev–Trinajstić information content (AvgIpc) is 2.94. The maximum absolute atomic E-state index is 13.5. The van der Waals surface area contributed by atoms with Crippen LogP contribution in [0.25, 0.3) is 0 Å². The van der Waals surface area contributed by atoms with Crippen LogP contribution in [-0.4, -0.2) is 60.0 Å². The second-order valence-electron chi connectivity index (χ2n) is 11.1. The molecule has 7 heteroatoms. The van der Waals surface area contributed by atoms with Crippen molar-refractivity contribution >= 4 is 5.91 Å². The standard InChI is InChI=1S/C31H44N2O5/c1-22-10-3-5-13-28(22)38-29-14-6-4-12-25(29)31(36,17-7-8-19-37-2)24-11-9-18-33(21-24)30(35)23-15-16-27(34)26(32)20-23/h3-6,10,12-14,23-24,26-27,34,36H,7-9,11,15-21,32H2,1-2H3/t23?,24-,26+,27+,31+/m1/s1. The molecule has 4 N–H and O–H groups in total. The van der Waals surface area contributed by atoms with Crippen LogP contribution >= 0.6 is 0 Å². The molecule has 1 saturated heterocycles. The zero-order valence-electron chi connectivity index (χ0n) is 22.9. The van der Waals surface area contributed by atoms with Gasteiger partial charge in [-0.25, -0.2) is 0 Å². The third-order valence-corrected chi connectivity index (χ3v) is 8.44. The molecule has 0 aromatic heterocycles. The highest BCUT2D eigenvalue weighted by atomic mass is 16.5. The van der Waals surface area contributed by atoms with Crippen molar-refractivity contribution in [2.24, 2.45) is 17.6 Å². The number of ether oxygens (including phenoxy) is 2. The van der Waals surface area contributed by atoms with Crippen molar-refractivity contribution in [2.45, 2.75) is 76.0 Å². The summed E-state index contributed by atoms with van der Waals surface area (Å²) in [5, 5.41) is 22.5. The Hall–Kier alpha value is -2.45. The number of hydrogen-bond acceptors (Lipinski definition) is 6. The Morgan fingerprint density at radius 1 is 1.08 bits per heavy atom. The van der Waals surface area contributed by atoms with Crippen molar-refractivity contribution in [3.63, 3.8) is 0 Å². The number of nitrogens with two attached hydrogens (primary N) is 1. The fourth-order valence-corrected chi connectivity index (χ4v) is 6.14. The summed E-state index contributed by atoms with van der Waals surface area (Å²) in [5.74, 6) is 1.21. The van der Waals surface area contributed by atoms with E-state index in [0.29, 0.717) is 51.1 Å². The number of unbranched alkanes of at least 4 members (excludes halogenated alkanes) is 1. The molecule has 1 heterocycles. The largest absolute Gasteiger partial charge is 0.457 e. The van der Waals surface area contributed by atoms with Crippen molar-refractivity contribution < 1.29 is 24.5 Å². The van der Waals surface area contributed by atoms with Crippen molar-refractivity contribution in [3.05, 3.63) is 59.7 Å². The van der Waals surface area contributed by atoms with Crippen molar-refractivity contribution in [2.75, 3.05) is 26.8 Å². The number of benzene rings is 2. The number of aliphatic hydroxyl groups excluding tert-OH is 1. The first-order valence-electron chi connectivity index (χ1n) is 14.1. The van der Waals surface area contributed by atoms with E-state index < -0.39 is 11.7 Å². The number of carbonyl (C=O) groups excluding carboxylic acids is 1. The quantitative estimate of drug-likeness (QED) is 0.395. The normalized spacial score (nSPS) is 25.6. The van der Waals surface area contributed by atoms with Crippen LogP contribution in [0.5, 0.6) is 11.5 Å². The topological polar surface area (TPSA) is 105 Å². The van der Waals surface area contributed by atoms with E-state index in [9.17, 15) is 15.0 Å². The molecule has 1 aliphatic heterocycles. The summed E-state index contributed by atoms with van der Waals surface area (Å²) in [7, 11) is 1.69. The summed E-state index contributed by atoms with van der Waals surface area (Å²) in [6.07, 6.45) is 5.04. The van der Waals surface area contributed by atoms with E-state index in [1.165, 1.54) is 0 Å². The number of hydrogen-bond donors (Lipinski definition) is 3. The minimum atomic E-state index is -1.16. The summed E-state index contributed by atoms with van der Waals surface area (Å²) in [5.41, 5.74) is 6.72. The second kappa shape index (κ2) is 13.1. The first-order chi connectivity index (χ1) is 18.3. The molecule has 1 amide bonds. The molecule has 0 spiro atoms. The van der Waals surface area contributed by atoms with Gasteiger partial charge in [0.1, 0.15) is 11.5 Å². The lowest BCUT2D eigenvalue weighted by Crippen LogP contribution is -2.51. The first kappa shape index (κ1) is 28.6. The van der Waals surface area contributed by atoms with Crippen LogP contribution < -0.4 is 10.5 Å². The molecule has 5 atom stereocenters. The summed E-state index contributed by atoms with van der Waals surface area (Å²) in [4.78, 5) is 15.4. The Morgan fingerprint density at radius 2 is 1.82 bits per heavy atom. The van der Waals surface area contributed by atoms with Crippen LogP contribution in [0.3, 0.4) is 0 Å². The Balaban J connectivity index is 1.60.